The predicted molar refractivity (Wildman–Crippen MR) is 106 cm³/mol. The molecular formula is C22H28N2O3. The average molecular weight is 368 g/mol. The van der Waals surface area contributed by atoms with E-state index in [0.717, 1.165) is 41.9 Å². The molecule has 0 radical (unpaired) electrons. The van der Waals surface area contributed by atoms with E-state index in [2.05, 4.69) is 12.2 Å². The Balaban J connectivity index is 1.61. The van der Waals surface area contributed by atoms with Gasteiger partial charge in [0, 0.05) is 13.1 Å². The topological polar surface area (TPSA) is 50.8 Å². The van der Waals surface area contributed by atoms with E-state index < -0.39 is 0 Å². The Morgan fingerprint density at radius 1 is 1.11 bits per heavy atom. The molecule has 0 bridgehead atoms. The molecule has 1 saturated heterocycles. The first-order chi connectivity index (χ1) is 13.2. The summed E-state index contributed by atoms with van der Waals surface area (Å²) in [6, 6.07) is 16.2. The third kappa shape index (κ3) is 5.16. The molecule has 0 spiro atoms. The number of urea groups is 1. The molecule has 27 heavy (non-hydrogen) atoms. The number of carbonyl (C=O) groups excluding carboxylic acids is 1. The molecule has 2 aromatic carbocycles. The van der Waals surface area contributed by atoms with E-state index in [1.54, 1.807) is 7.11 Å². The largest absolute Gasteiger partial charge is 0.493 e. The van der Waals surface area contributed by atoms with E-state index in [1.807, 2.05) is 53.4 Å². The minimum Gasteiger partial charge on any atom is -0.493 e. The Kier molecular flexibility index (Phi) is 6.58. The van der Waals surface area contributed by atoms with Crippen LogP contribution in [0, 0.1) is 0 Å². The SMILES string of the molecule is CCCCOc1cc(CC2CN(Cc3ccccc3)C(=O)N2)ccc1OC. The lowest BCUT2D eigenvalue weighted by atomic mass is 10.1. The number of amides is 2. The van der Waals surface area contributed by atoms with Crippen molar-refractivity contribution in [2.24, 2.45) is 0 Å². The first kappa shape index (κ1) is 19.1. The van der Waals surface area contributed by atoms with Gasteiger partial charge in [-0.05, 0) is 36.1 Å². The van der Waals surface area contributed by atoms with Crippen molar-refractivity contribution in [1.82, 2.24) is 10.2 Å². The quantitative estimate of drug-likeness (QED) is 0.681. The molecule has 144 valence electrons. The molecule has 1 atom stereocenters. The van der Waals surface area contributed by atoms with Crippen molar-refractivity contribution in [3.05, 3.63) is 59.7 Å². The normalized spacial score (nSPS) is 16.3. The van der Waals surface area contributed by atoms with E-state index in [1.165, 1.54) is 0 Å². The van der Waals surface area contributed by atoms with Gasteiger partial charge in [0.2, 0.25) is 0 Å². The highest BCUT2D eigenvalue weighted by molar-refractivity contribution is 5.77. The Bertz CT molecular complexity index is 748. The van der Waals surface area contributed by atoms with Gasteiger partial charge >= 0.3 is 6.03 Å². The van der Waals surface area contributed by atoms with E-state index in [4.69, 9.17) is 9.47 Å². The number of carbonyl (C=O) groups is 1. The zero-order valence-corrected chi connectivity index (χ0v) is 16.1. The molecule has 0 saturated carbocycles. The molecule has 1 fully saturated rings. The Morgan fingerprint density at radius 3 is 2.67 bits per heavy atom. The fourth-order valence-corrected chi connectivity index (χ4v) is 3.29. The number of benzene rings is 2. The molecule has 1 aliphatic rings. The number of nitrogens with zero attached hydrogens (tertiary/aromatic N) is 1. The molecule has 1 aliphatic heterocycles. The Labute approximate surface area is 161 Å². The maximum absolute atomic E-state index is 12.3. The first-order valence-electron chi connectivity index (χ1n) is 9.58. The number of hydrogen-bond acceptors (Lipinski definition) is 3. The summed E-state index contributed by atoms with van der Waals surface area (Å²) in [5.41, 5.74) is 2.28. The second-order valence-corrected chi connectivity index (χ2v) is 6.90. The molecule has 1 heterocycles. The third-order valence-electron chi connectivity index (χ3n) is 4.74. The molecule has 1 N–H and O–H groups in total. The predicted octanol–water partition coefficient (Wildman–Crippen LogP) is 4.01. The van der Waals surface area contributed by atoms with Crippen LogP contribution in [0.25, 0.3) is 0 Å². The molecular weight excluding hydrogens is 340 g/mol. The van der Waals surface area contributed by atoms with Gasteiger partial charge in [-0.3, -0.25) is 0 Å². The van der Waals surface area contributed by atoms with Gasteiger partial charge in [-0.15, -0.1) is 0 Å². The molecule has 0 aromatic heterocycles. The zero-order valence-electron chi connectivity index (χ0n) is 16.1. The molecule has 2 amide bonds. The number of hydrogen-bond donors (Lipinski definition) is 1. The van der Waals surface area contributed by atoms with Gasteiger partial charge in [0.25, 0.3) is 0 Å². The highest BCUT2D eigenvalue weighted by atomic mass is 16.5. The number of unbranched alkanes of at least 4 members (excludes halogenated alkanes) is 1. The first-order valence-corrected chi connectivity index (χ1v) is 9.58. The van der Waals surface area contributed by atoms with Crippen LogP contribution in [0.1, 0.15) is 30.9 Å². The van der Waals surface area contributed by atoms with Gasteiger partial charge in [0.1, 0.15) is 0 Å². The number of methoxy groups -OCH3 is 1. The van der Waals surface area contributed by atoms with Crippen LogP contribution in [0.3, 0.4) is 0 Å². The Morgan fingerprint density at radius 2 is 1.93 bits per heavy atom. The van der Waals surface area contributed by atoms with E-state index in [-0.39, 0.29) is 12.1 Å². The van der Waals surface area contributed by atoms with E-state index >= 15 is 0 Å². The van der Waals surface area contributed by atoms with Gasteiger partial charge in [0.05, 0.1) is 19.8 Å². The fraction of sp³-hybridized carbons (Fsp3) is 0.409. The smallest absolute Gasteiger partial charge is 0.318 e. The molecule has 5 nitrogen and oxygen atoms in total. The summed E-state index contributed by atoms with van der Waals surface area (Å²) in [6.45, 7) is 4.16. The summed E-state index contributed by atoms with van der Waals surface area (Å²) in [5.74, 6) is 1.52. The van der Waals surface area contributed by atoms with Gasteiger partial charge in [-0.25, -0.2) is 4.79 Å². The number of ether oxygens (including phenoxy) is 2. The second kappa shape index (κ2) is 9.31. The van der Waals surface area contributed by atoms with Crippen molar-refractivity contribution in [2.75, 3.05) is 20.3 Å². The summed E-state index contributed by atoms with van der Waals surface area (Å²) >= 11 is 0. The van der Waals surface area contributed by atoms with E-state index in [9.17, 15) is 4.79 Å². The lowest BCUT2D eigenvalue weighted by Crippen LogP contribution is -2.29. The Hall–Kier alpha value is -2.69. The molecule has 0 aliphatic carbocycles. The summed E-state index contributed by atoms with van der Waals surface area (Å²) in [4.78, 5) is 14.2. The molecule has 5 heteroatoms. The van der Waals surface area contributed by atoms with Crippen molar-refractivity contribution >= 4 is 6.03 Å². The summed E-state index contributed by atoms with van der Waals surface area (Å²) in [7, 11) is 1.65. The molecule has 1 unspecified atom stereocenters. The number of rotatable bonds is 9. The highest BCUT2D eigenvalue weighted by Gasteiger charge is 2.28. The summed E-state index contributed by atoms with van der Waals surface area (Å²) in [5, 5.41) is 3.09. The van der Waals surface area contributed by atoms with Crippen LogP contribution in [-0.4, -0.2) is 37.2 Å². The van der Waals surface area contributed by atoms with Crippen molar-refractivity contribution in [1.29, 1.82) is 0 Å². The van der Waals surface area contributed by atoms with Crippen molar-refractivity contribution in [3.63, 3.8) is 0 Å². The van der Waals surface area contributed by atoms with Crippen molar-refractivity contribution < 1.29 is 14.3 Å². The van der Waals surface area contributed by atoms with Gasteiger partial charge < -0.3 is 19.7 Å². The fourth-order valence-electron chi connectivity index (χ4n) is 3.29. The highest BCUT2D eigenvalue weighted by Crippen LogP contribution is 2.29. The standard InChI is InChI=1S/C22H28N2O3/c1-3-4-12-27-21-14-18(10-11-20(21)26-2)13-19-16-24(22(25)23-19)15-17-8-6-5-7-9-17/h5-11,14,19H,3-4,12-13,15-16H2,1-2H3,(H,23,25). The molecule has 3 rings (SSSR count). The van der Waals surface area contributed by atoms with Crippen LogP contribution in [0.4, 0.5) is 4.79 Å². The van der Waals surface area contributed by atoms with Gasteiger partial charge in [-0.2, -0.15) is 0 Å². The third-order valence-corrected chi connectivity index (χ3v) is 4.74. The second-order valence-electron chi connectivity index (χ2n) is 6.90. The lowest BCUT2D eigenvalue weighted by Gasteiger charge is -2.15. The van der Waals surface area contributed by atoms with Crippen LogP contribution >= 0.6 is 0 Å². The monoisotopic (exact) mass is 368 g/mol. The molecule has 2 aromatic rings. The average Bonchev–Trinajstić information content (AvgIpc) is 3.02. The van der Waals surface area contributed by atoms with Crippen LogP contribution < -0.4 is 14.8 Å². The van der Waals surface area contributed by atoms with Crippen molar-refractivity contribution in [2.45, 2.75) is 38.8 Å². The summed E-state index contributed by atoms with van der Waals surface area (Å²) in [6.07, 6.45) is 2.87. The van der Waals surface area contributed by atoms with Gasteiger partial charge in [0.15, 0.2) is 11.5 Å². The maximum Gasteiger partial charge on any atom is 0.318 e. The number of nitrogens with one attached hydrogen (secondary N) is 1. The van der Waals surface area contributed by atoms with Crippen LogP contribution in [0.15, 0.2) is 48.5 Å². The van der Waals surface area contributed by atoms with Crippen LogP contribution in [0.5, 0.6) is 11.5 Å². The minimum absolute atomic E-state index is 0.00298. The zero-order chi connectivity index (χ0) is 19.1. The minimum atomic E-state index is -0.00298. The van der Waals surface area contributed by atoms with Gasteiger partial charge in [-0.1, -0.05) is 49.7 Å². The van der Waals surface area contributed by atoms with Crippen LogP contribution in [-0.2, 0) is 13.0 Å². The lowest BCUT2D eigenvalue weighted by molar-refractivity contribution is 0.215. The van der Waals surface area contributed by atoms with Crippen molar-refractivity contribution in [3.8, 4) is 11.5 Å². The van der Waals surface area contributed by atoms with Crippen LogP contribution in [0.2, 0.25) is 0 Å². The maximum atomic E-state index is 12.3. The van der Waals surface area contributed by atoms with E-state index in [0.29, 0.717) is 19.7 Å². The summed E-state index contributed by atoms with van der Waals surface area (Å²) < 4.78 is 11.3.